The van der Waals surface area contributed by atoms with E-state index in [4.69, 9.17) is 0 Å². The molecule has 6 aromatic rings. The summed E-state index contributed by atoms with van der Waals surface area (Å²) in [5.41, 5.74) is 0. The average Bonchev–Trinajstić information content (AvgIpc) is 3.04. The van der Waals surface area contributed by atoms with E-state index in [2.05, 4.69) is 182 Å². The summed E-state index contributed by atoms with van der Waals surface area (Å²) >= 11 is 0. The SMILES string of the molecule is c1ccc([Si](P[Si](c2ccccc2)(c2ccccc2)c2ccccc2)(c2ccccc2)c2ccccc2)cc1. The lowest BCUT2D eigenvalue weighted by Gasteiger charge is -2.43. The highest BCUT2D eigenvalue weighted by Crippen LogP contribution is 2.37. The van der Waals surface area contributed by atoms with Crippen LogP contribution < -0.4 is 31.1 Å². The van der Waals surface area contributed by atoms with Crippen LogP contribution in [0.3, 0.4) is 0 Å². The minimum absolute atomic E-state index is 0.697. The minimum Gasteiger partial charge on any atom is -0.117 e. The maximum Gasteiger partial charge on any atom is 0.168 e. The number of rotatable bonds is 8. The van der Waals surface area contributed by atoms with Gasteiger partial charge in [0.25, 0.3) is 0 Å². The molecule has 0 aromatic heterocycles. The van der Waals surface area contributed by atoms with Crippen molar-refractivity contribution in [3.05, 3.63) is 182 Å². The van der Waals surface area contributed by atoms with Crippen LogP contribution in [0.4, 0.5) is 0 Å². The molecule has 0 aliphatic carbocycles. The maximum atomic E-state index is 2.39. The largest absolute Gasteiger partial charge is 0.168 e. The normalized spacial score (nSPS) is 11.7. The van der Waals surface area contributed by atoms with Gasteiger partial charge in [-0.2, -0.15) is 0 Å². The molecule has 0 heterocycles. The molecule has 0 bridgehead atoms. The third-order valence-electron chi connectivity index (χ3n) is 7.62. The molecular formula is C36H31PSi2. The second-order valence-electron chi connectivity index (χ2n) is 9.82. The van der Waals surface area contributed by atoms with Gasteiger partial charge in [-0.25, -0.2) is 0 Å². The summed E-state index contributed by atoms with van der Waals surface area (Å²) in [4.78, 5) is 0. The first kappa shape index (κ1) is 25.5. The molecule has 0 saturated carbocycles. The van der Waals surface area contributed by atoms with Gasteiger partial charge in [0.05, 0.1) is 0 Å². The van der Waals surface area contributed by atoms with Gasteiger partial charge in [-0.1, -0.05) is 182 Å². The van der Waals surface area contributed by atoms with Crippen molar-refractivity contribution < 1.29 is 0 Å². The highest BCUT2D eigenvalue weighted by atomic mass is 31.6. The summed E-state index contributed by atoms with van der Waals surface area (Å²) in [7, 11) is -4.34. The van der Waals surface area contributed by atoms with E-state index in [0.29, 0.717) is 7.68 Å². The fourth-order valence-corrected chi connectivity index (χ4v) is 33.6. The van der Waals surface area contributed by atoms with E-state index >= 15 is 0 Å². The monoisotopic (exact) mass is 550 g/mol. The Kier molecular flexibility index (Phi) is 7.52. The van der Waals surface area contributed by atoms with Gasteiger partial charge in [0.15, 0.2) is 15.5 Å². The van der Waals surface area contributed by atoms with Crippen LogP contribution in [0.25, 0.3) is 0 Å². The number of hydrogen-bond donors (Lipinski definition) is 0. The fourth-order valence-electron chi connectivity index (χ4n) is 5.84. The summed E-state index contributed by atoms with van der Waals surface area (Å²) in [6, 6.07) is 68.3. The lowest BCUT2D eigenvalue weighted by Crippen LogP contribution is -2.73. The Morgan fingerprint density at radius 3 is 0.538 bits per heavy atom. The van der Waals surface area contributed by atoms with Crippen LogP contribution in [-0.2, 0) is 0 Å². The van der Waals surface area contributed by atoms with Crippen LogP contribution in [0.5, 0.6) is 0 Å². The second kappa shape index (κ2) is 11.5. The topological polar surface area (TPSA) is 0 Å². The molecule has 3 heteroatoms. The third kappa shape index (κ3) is 4.77. The van der Waals surface area contributed by atoms with E-state index in [9.17, 15) is 0 Å². The van der Waals surface area contributed by atoms with Gasteiger partial charge in [-0.3, -0.25) is 0 Å². The summed E-state index contributed by atoms with van der Waals surface area (Å²) in [5, 5.41) is 8.84. The van der Waals surface area contributed by atoms with Gasteiger partial charge >= 0.3 is 0 Å². The molecule has 0 aliphatic heterocycles. The smallest absolute Gasteiger partial charge is 0.117 e. The molecule has 0 N–H and O–H groups in total. The molecule has 0 spiro atoms. The van der Waals surface area contributed by atoms with Crippen LogP contribution in [0.15, 0.2) is 182 Å². The lowest BCUT2D eigenvalue weighted by molar-refractivity contribution is 1.70. The van der Waals surface area contributed by atoms with E-state index < -0.39 is 15.5 Å². The van der Waals surface area contributed by atoms with E-state index in [0.717, 1.165) is 0 Å². The Bertz CT molecular complexity index is 1270. The van der Waals surface area contributed by atoms with Crippen molar-refractivity contribution in [2.24, 2.45) is 0 Å². The van der Waals surface area contributed by atoms with Crippen molar-refractivity contribution in [3.63, 3.8) is 0 Å². The standard InChI is InChI=1S/C36H31PSi2/c1-7-19-31(20-8-1)38(32-21-9-2-10-22-32,33-23-11-3-12-24-33)37-39(34-25-13-4-14-26-34,35-27-15-5-16-28-35)36-29-17-6-18-30-36/h1-30,37H. The molecule has 0 amide bonds. The molecular weight excluding hydrogens is 520 g/mol. The Morgan fingerprint density at radius 2 is 0.385 bits per heavy atom. The predicted molar refractivity (Wildman–Crippen MR) is 176 cm³/mol. The molecule has 0 nitrogen and oxygen atoms in total. The van der Waals surface area contributed by atoms with Crippen molar-refractivity contribution in [1.29, 1.82) is 0 Å². The minimum atomic E-state index is -2.52. The molecule has 0 unspecified atom stereocenters. The van der Waals surface area contributed by atoms with Crippen LogP contribution >= 0.6 is 7.68 Å². The van der Waals surface area contributed by atoms with Gasteiger partial charge in [-0.05, 0) is 31.1 Å². The predicted octanol–water partition coefficient (Wildman–Crippen LogP) is 5.00. The van der Waals surface area contributed by atoms with Gasteiger partial charge in [0, 0.05) is 0 Å². The first-order valence-electron chi connectivity index (χ1n) is 13.5. The average molecular weight is 551 g/mol. The van der Waals surface area contributed by atoms with Gasteiger partial charge in [0.2, 0.25) is 0 Å². The van der Waals surface area contributed by atoms with Crippen LogP contribution in [0.2, 0.25) is 0 Å². The molecule has 188 valence electrons. The zero-order chi connectivity index (χ0) is 26.4. The van der Waals surface area contributed by atoms with Crippen molar-refractivity contribution in [1.82, 2.24) is 0 Å². The van der Waals surface area contributed by atoms with Crippen molar-refractivity contribution in [3.8, 4) is 0 Å². The zero-order valence-electron chi connectivity index (χ0n) is 21.8. The highest BCUT2D eigenvalue weighted by Gasteiger charge is 2.50. The molecule has 0 saturated heterocycles. The number of hydrogen-bond acceptors (Lipinski definition) is 0. The van der Waals surface area contributed by atoms with Gasteiger partial charge in [-0.15, -0.1) is 7.68 Å². The lowest BCUT2D eigenvalue weighted by atomic mass is 10.3. The quantitative estimate of drug-likeness (QED) is 0.142. The molecule has 0 atom stereocenters. The van der Waals surface area contributed by atoms with Crippen molar-refractivity contribution >= 4 is 54.3 Å². The first-order chi connectivity index (χ1) is 19.3. The third-order valence-corrected chi connectivity index (χ3v) is 29.8. The van der Waals surface area contributed by atoms with Crippen molar-refractivity contribution in [2.45, 2.75) is 0 Å². The van der Waals surface area contributed by atoms with E-state index in [-0.39, 0.29) is 0 Å². The Balaban J connectivity index is 1.76. The zero-order valence-corrected chi connectivity index (χ0v) is 24.8. The number of benzene rings is 6. The van der Waals surface area contributed by atoms with E-state index in [1.54, 1.807) is 0 Å². The molecule has 0 fully saturated rings. The molecule has 39 heavy (non-hydrogen) atoms. The second-order valence-corrected chi connectivity index (χ2v) is 24.0. The summed E-state index contributed by atoms with van der Waals surface area (Å²) in [5.74, 6) is 0. The first-order valence-corrected chi connectivity index (χ1v) is 20.5. The van der Waals surface area contributed by atoms with Crippen LogP contribution in [0.1, 0.15) is 0 Å². The summed E-state index contributed by atoms with van der Waals surface area (Å²) in [6.45, 7) is 0. The van der Waals surface area contributed by atoms with Gasteiger partial charge < -0.3 is 0 Å². The maximum absolute atomic E-state index is 2.52. The summed E-state index contributed by atoms with van der Waals surface area (Å²) in [6.07, 6.45) is 0. The Hall–Kier alpha value is -3.82. The highest BCUT2D eigenvalue weighted by molar-refractivity contribution is 8.16. The summed E-state index contributed by atoms with van der Waals surface area (Å²) < 4.78 is 0. The van der Waals surface area contributed by atoms with Crippen molar-refractivity contribution in [2.75, 3.05) is 0 Å². The Labute approximate surface area is 235 Å². The van der Waals surface area contributed by atoms with E-state index in [1.807, 2.05) is 0 Å². The Morgan fingerprint density at radius 1 is 0.231 bits per heavy atom. The molecule has 0 aliphatic rings. The van der Waals surface area contributed by atoms with Gasteiger partial charge in [0.1, 0.15) is 0 Å². The molecule has 0 radical (unpaired) electrons. The molecule has 6 aromatic carbocycles. The molecule has 6 rings (SSSR count). The fraction of sp³-hybridized carbons (Fsp3) is 0. The van der Waals surface area contributed by atoms with E-state index in [1.165, 1.54) is 31.1 Å². The van der Waals surface area contributed by atoms with Crippen LogP contribution in [0, 0.1) is 0 Å². The van der Waals surface area contributed by atoms with Crippen LogP contribution in [-0.4, -0.2) is 15.5 Å².